The van der Waals surface area contributed by atoms with Gasteiger partial charge in [-0.15, -0.1) is 11.3 Å². The molecule has 47 heavy (non-hydrogen) atoms. The van der Waals surface area contributed by atoms with Crippen molar-refractivity contribution in [2.24, 2.45) is 0 Å². The van der Waals surface area contributed by atoms with E-state index in [0.29, 0.717) is 5.56 Å². The second-order valence-corrected chi connectivity index (χ2v) is 13.2. The van der Waals surface area contributed by atoms with E-state index in [2.05, 4.69) is 143 Å². The summed E-state index contributed by atoms with van der Waals surface area (Å²) in [6.45, 7) is 0. The Morgan fingerprint density at radius 3 is 1.51 bits per heavy atom. The van der Waals surface area contributed by atoms with Crippen LogP contribution >= 0.6 is 11.3 Å². The highest BCUT2D eigenvalue weighted by Gasteiger charge is 2.16. The fourth-order valence-electron chi connectivity index (χ4n) is 7.40. The number of fused-ring (bicyclic) bond motifs is 9. The maximum Gasteiger partial charge on any atom is 0.0991 e. The van der Waals surface area contributed by atoms with Gasteiger partial charge < -0.3 is 9.13 Å². The lowest BCUT2D eigenvalue weighted by molar-refractivity contribution is 1.18. The molecule has 0 spiro atoms. The topological polar surface area (TPSA) is 33.6 Å². The third kappa shape index (κ3) is 3.85. The summed E-state index contributed by atoms with van der Waals surface area (Å²) in [5.41, 5.74) is 10.0. The number of aromatic nitrogens is 2. The highest BCUT2D eigenvalue weighted by molar-refractivity contribution is 7.25. The molecule has 0 fully saturated rings. The first kappa shape index (κ1) is 26.1. The molecule has 3 aromatic heterocycles. The Kier molecular flexibility index (Phi) is 5.51. The Balaban J connectivity index is 1.15. The van der Waals surface area contributed by atoms with Crippen LogP contribution in [0.3, 0.4) is 0 Å². The number of para-hydroxylation sites is 3. The van der Waals surface area contributed by atoms with Crippen molar-refractivity contribution in [3.05, 3.63) is 157 Å². The van der Waals surface area contributed by atoms with Gasteiger partial charge in [-0.1, -0.05) is 66.7 Å². The molecular weight excluding hydrogens is 591 g/mol. The standard InChI is InChI=1S/C43H25N3S/c44-26-27-13-17-30(18-14-27)45-40-12-6-3-9-34(40)35-23-28(15-20-41(35)45)29-16-21-42-36(24-29)37-25-31(19-22-43(37)47-42)46-38-10-4-1-7-32(38)33-8-2-5-11-39(33)46/h1-25H. The summed E-state index contributed by atoms with van der Waals surface area (Å²) < 4.78 is 7.28. The summed E-state index contributed by atoms with van der Waals surface area (Å²) in [5.74, 6) is 0. The molecule has 3 heterocycles. The van der Waals surface area contributed by atoms with Crippen molar-refractivity contribution < 1.29 is 0 Å². The number of hydrogen-bond donors (Lipinski definition) is 0. The third-order valence-electron chi connectivity index (χ3n) is 9.55. The number of thiophene rings is 1. The van der Waals surface area contributed by atoms with E-state index in [9.17, 15) is 5.26 Å². The number of hydrogen-bond acceptors (Lipinski definition) is 2. The minimum atomic E-state index is 0.662. The van der Waals surface area contributed by atoms with Crippen molar-refractivity contribution >= 4 is 75.1 Å². The molecule has 218 valence electrons. The largest absolute Gasteiger partial charge is 0.309 e. The van der Waals surface area contributed by atoms with Crippen molar-refractivity contribution in [1.29, 1.82) is 5.26 Å². The van der Waals surface area contributed by atoms with Crippen LogP contribution in [0.2, 0.25) is 0 Å². The Labute approximate surface area is 274 Å². The zero-order valence-electron chi connectivity index (χ0n) is 25.2. The average Bonchev–Trinajstić information content (AvgIpc) is 3.78. The summed E-state index contributed by atoms with van der Waals surface area (Å²) in [5, 5.41) is 16.9. The summed E-state index contributed by atoms with van der Waals surface area (Å²) >= 11 is 1.85. The van der Waals surface area contributed by atoms with Crippen LogP contribution in [0.5, 0.6) is 0 Å². The zero-order chi connectivity index (χ0) is 31.1. The van der Waals surface area contributed by atoms with Gasteiger partial charge in [0.2, 0.25) is 0 Å². The second-order valence-electron chi connectivity index (χ2n) is 12.1. The first-order chi connectivity index (χ1) is 23.2. The molecule has 7 aromatic carbocycles. The molecule has 0 aliphatic carbocycles. The van der Waals surface area contributed by atoms with E-state index in [0.717, 1.165) is 16.7 Å². The Hall–Kier alpha value is -6.15. The maximum absolute atomic E-state index is 9.33. The van der Waals surface area contributed by atoms with Gasteiger partial charge in [0, 0.05) is 53.1 Å². The molecular formula is C43H25N3S. The SMILES string of the molecule is N#Cc1ccc(-n2c3ccccc3c3cc(-c4ccc5sc6ccc(-n7c8ccccc8c8ccccc87)cc6c5c4)ccc32)cc1. The maximum atomic E-state index is 9.33. The van der Waals surface area contributed by atoms with Crippen molar-refractivity contribution in [2.75, 3.05) is 0 Å². The van der Waals surface area contributed by atoms with Gasteiger partial charge in [0.05, 0.1) is 33.7 Å². The van der Waals surface area contributed by atoms with E-state index in [1.165, 1.54) is 69.6 Å². The molecule has 0 bridgehead atoms. The molecule has 0 unspecified atom stereocenters. The average molecular weight is 616 g/mol. The lowest BCUT2D eigenvalue weighted by atomic mass is 10.0. The van der Waals surface area contributed by atoms with Crippen LogP contribution in [0.4, 0.5) is 0 Å². The zero-order valence-corrected chi connectivity index (χ0v) is 26.0. The van der Waals surface area contributed by atoms with Crippen molar-refractivity contribution in [3.8, 4) is 28.6 Å². The summed E-state index contributed by atoms with van der Waals surface area (Å²) in [4.78, 5) is 0. The van der Waals surface area contributed by atoms with Crippen LogP contribution < -0.4 is 0 Å². The van der Waals surface area contributed by atoms with Gasteiger partial charge in [-0.05, 0) is 96.1 Å². The fraction of sp³-hybridized carbons (Fsp3) is 0. The first-order valence-electron chi connectivity index (χ1n) is 15.7. The molecule has 4 heteroatoms. The Bertz CT molecular complexity index is 2860. The highest BCUT2D eigenvalue weighted by Crippen LogP contribution is 2.40. The van der Waals surface area contributed by atoms with Crippen LogP contribution in [0.25, 0.3) is 86.3 Å². The van der Waals surface area contributed by atoms with Crippen LogP contribution in [-0.2, 0) is 0 Å². The molecule has 0 atom stereocenters. The Morgan fingerprint density at radius 2 is 0.872 bits per heavy atom. The van der Waals surface area contributed by atoms with Gasteiger partial charge in [-0.2, -0.15) is 5.26 Å². The van der Waals surface area contributed by atoms with E-state index in [1.54, 1.807) is 0 Å². The van der Waals surface area contributed by atoms with Gasteiger partial charge in [0.15, 0.2) is 0 Å². The fourth-order valence-corrected chi connectivity index (χ4v) is 8.47. The molecule has 0 amide bonds. The van der Waals surface area contributed by atoms with Gasteiger partial charge in [-0.25, -0.2) is 0 Å². The normalized spacial score (nSPS) is 11.8. The van der Waals surface area contributed by atoms with Crippen molar-refractivity contribution in [3.63, 3.8) is 0 Å². The quantitative estimate of drug-likeness (QED) is 0.195. The molecule has 0 radical (unpaired) electrons. The van der Waals surface area contributed by atoms with Gasteiger partial charge in [-0.3, -0.25) is 0 Å². The van der Waals surface area contributed by atoms with E-state index >= 15 is 0 Å². The van der Waals surface area contributed by atoms with Crippen LogP contribution in [-0.4, -0.2) is 9.13 Å². The molecule has 0 aliphatic rings. The third-order valence-corrected chi connectivity index (χ3v) is 10.7. The Morgan fingerprint density at radius 1 is 0.404 bits per heavy atom. The number of nitrogens with zero attached hydrogens (tertiary/aromatic N) is 3. The molecule has 10 aromatic rings. The lowest BCUT2D eigenvalue weighted by Crippen LogP contribution is -1.93. The van der Waals surface area contributed by atoms with Gasteiger partial charge in [0.1, 0.15) is 0 Å². The molecule has 0 saturated carbocycles. The molecule has 3 nitrogen and oxygen atoms in total. The second kappa shape index (κ2) is 9.92. The molecule has 0 N–H and O–H groups in total. The summed E-state index contributed by atoms with van der Waals surface area (Å²) in [6.07, 6.45) is 0. The predicted molar refractivity (Wildman–Crippen MR) is 198 cm³/mol. The lowest BCUT2D eigenvalue weighted by Gasteiger charge is -2.09. The van der Waals surface area contributed by atoms with Crippen molar-refractivity contribution in [1.82, 2.24) is 9.13 Å². The number of nitriles is 1. The van der Waals surface area contributed by atoms with Crippen molar-refractivity contribution in [2.45, 2.75) is 0 Å². The highest BCUT2D eigenvalue weighted by atomic mass is 32.1. The van der Waals surface area contributed by atoms with Crippen LogP contribution in [0, 0.1) is 11.3 Å². The van der Waals surface area contributed by atoms with E-state index in [1.807, 2.05) is 35.6 Å². The van der Waals surface area contributed by atoms with E-state index in [-0.39, 0.29) is 0 Å². The molecule has 10 rings (SSSR count). The predicted octanol–water partition coefficient (Wildman–Crippen LogP) is 11.8. The minimum Gasteiger partial charge on any atom is -0.309 e. The van der Waals surface area contributed by atoms with E-state index < -0.39 is 0 Å². The smallest absolute Gasteiger partial charge is 0.0991 e. The first-order valence-corrected chi connectivity index (χ1v) is 16.6. The summed E-state index contributed by atoms with van der Waals surface area (Å²) in [7, 11) is 0. The number of benzene rings is 7. The number of rotatable bonds is 3. The van der Waals surface area contributed by atoms with Gasteiger partial charge in [0.25, 0.3) is 0 Å². The van der Waals surface area contributed by atoms with E-state index in [4.69, 9.17) is 0 Å². The summed E-state index contributed by atoms with van der Waals surface area (Å²) in [6, 6.07) is 56.6. The minimum absolute atomic E-state index is 0.662. The van der Waals surface area contributed by atoms with Gasteiger partial charge >= 0.3 is 0 Å². The van der Waals surface area contributed by atoms with Crippen LogP contribution in [0.1, 0.15) is 5.56 Å². The monoisotopic (exact) mass is 615 g/mol. The molecule has 0 aliphatic heterocycles. The molecule has 0 saturated heterocycles. The van der Waals surface area contributed by atoms with Crippen LogP contribution in [0.15, 0.2) is 152 Å².